The Labute approximate surface area is 170 Å². The molecule has 0 unspecified atom stereocenters. The first-order valence-corrected chi connectivity index (χ1v) is 9.98. The van der Waals surface area contributed by atoms with Crippen LogP contribution in [0.3, 0.4) is 0 Å². The van der Waals surface area contributed by atoms with Crippen LogP contribution in [0.1, 0.15) is 5.56 Å². The van der Waals surface area contributed by atoms with Crippen molar-refractivity contribution in [2.45, 2.75) is 6.54 Å². The van der Waals surface area contributed by atoms with Crippen LogP contribution < -0.4 is 5.32 Å². The van der Waals surface area contributed by atoms with E-state index in [2.05, 4.69) is 57.6 Å². The van der Waals surface area contributed by atoms with Crippen molar-refractivity contribution in [2.24, 2.45) is 0 Å². The molecule has 0 saturated carbocycles. The van der Waals surface area contributed by atoms with Crippen molar-refractivity contribution in [2.75, 3.05) is 31.5 Å². The van der Waals surface area contributed by atoms with Gasteiger partial charge in [-0.3, -0.25) is 4.90 Å². The van der Waals surface area contributed by atoms with E-state index in [9.17, 15) is 0 Å². The average molecular weight is 396 g/mol. The Balaban J connectivity index is 1.35. The molecular weight excluding hydrogens is 374 g/mol. The van der Waals surface area contributed by atoms with E-state index in [1.54, 1.807) is 0 Å². The van der Waals surface area contributed by atoms with E-state index in [0.717, 1.165) is 43.5 Å². The van der Waals surface area contributed by atoms with E-state index in [4.69, 9.17) is 23.8 Å². The normalized spacial score (nSPS) is 15.1. The van der Waals surface area contributed by atoms with Gasteiger partial charge < -0.3 is 10.2 Å². The molecule has 0 spiro atoms. The van der Waals surface area contributed by atoms with Crippen LogP contribution in [-0.4, -0.2) is 41.1 Å². The van der Waals surface area contributed by atoms with Crippen LogP contribution in [0.2, 0.25) is 5.02 Å². The van der Waals surface area contributed by atoms with Crippen molar-refractivity contribution >= 4 is 45.4 Å². The second kappa shape index (κ2) is 8.26. The van der Waals surface area contributed by atoms with E-state index in [1.165, 1.54) is 16.3 Å². The zero-order valence-electron chi connectivity index (χ0n) is 15.1. The molecule has 0 amide bonds. The van der Waals surface area contributed by atoms with E-state index in [-0.39, 0.29) is 0 Å². The minimum Gasteiger partial charge on any atom is -0.346 e. The number of thiocarbonyl (C=S) groups is 1. The van der Waals surface area contributed by atoms with Crippen LogP contribution in [0.4, 0.5) is 5.69 Å². The molecular formula is C22H22ClN3S. The van der Waals surface area contributed by atoms with Gasteiger partial charge in [-0.1, -0.05) is 60.1 Å². The molecule has 3 aromatic carbocycles. The minimum atomic E-state index is 0.711. The molecule has 0 radical (unpaired) electrons. The largest absolute Gasteiger partial charge is 0.346 e. The predicted molar refractivity (Wildman–Crippen MR) is 118 cm³/mol. The summed E-state index contributed by atoms with van der Waals surface area (Å²) in [5, 5.41) is 7.43. The Morgan fingerprint density at radius 1 is 0.926 bits per heavy atom. The molecule has 3 aromatic rings. The molecule has 0 aliphatic carbocycles. The van der Waals surface area contributed by atoms with Gasteiger partial charge in [0, 0.05) is 43.4 Å². The minimum absolute atomic E-state index is 0.711. The number of fused-ring (bicyclic) bond motifs is 1. The van der Waals surface area contributed by atoms with Crippen molar-refractivity contribution in [3.63, 3.8) is 0 Å². The number of hydrogen-bond donors (Lipinski definition) is 1. The topological polar surface area (TPSA) is 18.5 Å². The smallest absolute Gasteiger partial charge is 0.173 e. The zero-order valence-corrected chi connectivity index (χ0v) is 16.6. The number of nitrogens with one attached hydrogen (secondary N) is 1. The van der Waals surface area contributed by atoms with Crippen molar-refractivity contribution in [1.29, 1.82) is 0 Å². The fraction of sp³-hybridized carbons (Fsp3) is 0.227. The van der Waals surface area contributed by atoms with Gasteiger partial charge in [0.25, 0.3) is 0 Å². The van der Waals surface area contributed by atoms with Gasteiger partial charge >= 0.3 is 0 Å². The van der Waals surface area contributed by atoms with Crippen LogP contribution in [0.15, 0.2) is 66.7 Å². The van der Waals surface area contributed by atoms with Crippen molar-refractivity contribution < 1.29 is 0 Å². The lowest BCUT2D eigenvalue weighted by Gasteiger charge is -2.36. The highest BCUT2D eigenvalue weighted by molar-refractivity contribution is 7.80. The van der Waals surface area contributed by atoms with Crippen LogP contribution >= 0.6 is 23.8 Å². The second-order valence-electron chi connectivity index (χ2n) is 6.84. The summed E-state index contributed by atoms with van der Waals surface area (Å²) in [5.74, 6) is 0. The fourth-order valence-electron chi connectivity index (χ4n) is 3.55. The van der Waals surface area contributed by atoms with Gasteiger partial charge in [-0.25, -0.2) is 0 Å². The number of halogens is 1. The first-order chi connectivity index (χ1) is 13.2. The molecule has 27 heavy (non-hydrogen) atoms. The highest BCUT2D eigenvalue weighted by Gasteiger charge is 2.19. The molecule has 5 heteroatoms. The zero-order chi connectivity index (χ0) is 18.6. The summed E-state index contributed by atoms with van der Waals surface area (Å²) in [6, 6.07) is 22.8. The summed E-state index contributed by atoms with van der Waals surface area (Å²) < 4.78 is 0. The summed E-state index contributed by atoms with van der Waals surface area (Å²) in [5.41, 5.74) is 2.33. The summed E-state index contributed by atoms with van der Waals surface area (Å²) in [4.78, 5) is 4.73. The molecule has 1 aliphatic rings. The Morgan fingerprint density at radius 2 is 1.67 bits per heavy atom. The maximum Gasteiger partial charge on any atom is 0.173 e. The molecule has 1 aliphatic heterocycles. The molecule has 3 nitrogen and oxygen atoms in total. The average Bonchev–Trinajstić information content (AvgIpc) is 2.69. The molecule has 1 saturated heterocycles. The lowest BCUT2D eigenvalue weighted by atomic mass is 10.0. The molecule has 1 fully saturated rings. The number of nitrogens with zero attached hydrogens (tertiary/aromatic N) is 2. The third kappa shape index (κ3) is 4.41. The Bertz CT molecular complexity index is 946. The van der Waals surface area contributed by atoms with Crippen molar-refractivity contribution in [3.05, 3.63) is 77.3 Å². The molecule has 138 valence electrons. The van der Waals surface area contributed by atoms with Crippen LogP contribution in [-0.2, 0) is 6.54 Å². The number of benzene rings is 3. The van der Waals surface area contributed by atoms with E-state index >= 15 is 0 Å². The van der Waals surface area contributed by atoms with E-state index in [1.807, 2.05) is 24.3 Å². The van der Waals surface area contributed by atoms with Crippen molar-refractivity contribution in [1.82, 2.24) is 9.80 Å². The SMILES string of the molecule is S=C(Nc1cccc(Cl)c1)N1CCN(Cc2cccc3ccccc23)CC1. The fourth-order valence-corrected chi connectivity index (χ4v) is 4.04. The molecule has 0 aromatic heterocycles. The van der Waals surface area contributed by atoms with Crippen LogP contribution in [0, 0.1) is 0 Å². The number of piperazine rings is 1. The third-order valence-electron chi connectivity index (χ3n) is 5.01. The maximum atomic E-state index is 6.05. The Kier molecular flexibility index (Phi) is 5.58. The lowest BCUT2D eigenvalue weighted by Crippen LogP contribution is -2.49. The second-order valence-corrected chi connectivity index (χ2v) is 7.67. The third-order valence-corrected chi connectivity index (χ3v) is 5.60. The van der Waals surface area contributed by atoms with Gasteiger partial charge in [0.2, 0.25) is 0 Å². The van der Waals surface area contributed by atoms with Crippen molar-refractivity contribution in [3.8, 4) is 0 Å². The highest BCUT2D eigenvalue weighted by atomic mass is 35.5. The van der Waals surface area contributed by atoms with Gasteiger partial charge in [0.05, 0.1) is 0 Å². The molecule has 0 atom stereocenters. The van der Waals surface area contributed by atoms with Gasteiger partial charge in [-0.15, -0.1) is 0 Å². The monoisotopic (exact) mass is 395 g/mol. The molecule has 4 rings (SSSR count). The first kappa shape index (κ1) is 18.2. The highest BCUT2D eigenvalue weighted by Crippen LogP contribution is 2.21. The molecule has 0 bridgehead atoms. The first-order valence-electron chi connectivity index (χ1n) is 9.19. The van der Waals surface area contributed by atoms with Gasteiger partial charge in [-0.2, -0.15) is 0 Å². The van der Waals surface area contributed by atoms with Crippen LogP contribution in [0.25, 0.3) is 10.8 Å². The summed E-state index contributed by atoms with van der Waals surface area (Å²) >= 11 is 11.6. The maximum absolute atomic E-state index is 6.05. The van der Waals surface area contributed by atoms with Gasteiger partial charge in [0.1, 0.15) is 0 Å². The molecule has 1 N–H and O–H groups in total. The van der Waals surface area contributed by atoms with E-state index < -0.39 is 0 Å². The molecule has 1 heterocycles. The predicted octanol–water partition coefficient (Wildman–Crippen LogP) is 5.01. The summed E-state index contributed by atoms with van der Waals surface area (Å²) in [6.07, 6.45) is 0. The van der Waals surface area contributed by atoms with E-state index in [0.29, 0.717) is 5.02 Å². The number of rotatable bonds is 3. The summed E-state index contributed by atoms with van der Waals surface area (Å²) in [7, 11) is 0. The van der Waals surface area contributed by atoms with Crippen LogP contribution in [0.5, 0.6) is 0 Å². The number of anilines is 1. The quantitative estimate of drug-likeness (QED) is 0.628. The van der Waals surface area contributed by atoms with Gasteiger partial charge in [0.15, 0.2) is 5.11 Å². The Morgan fingerprint density at radius 3 is 2.48 bits per heavy atom. The Hall–Kier alpha value is -2.14. The number of hydrogen-bond acceptors (Lipinski definition) is 2. The van der Waals surface area contributed by atoms with Gasteiger partial charge in [-0.05, 0) is 46.8 Å². The lowest BCUT2D eigenvalue weighted by molar-refractivity contribution is 0.177. The summed E-state index contributed by atoms with van der Waals surface area (Å²) in [6.45, 7) is 4.83. The standard InChI is InChI=1S/C22H22ClN3S/c23-19-8-4-9-20(15-19)24-22(27)26-13-11-25(12-14-26)16-18-7-3-6-17-5-1-2-10-21(17)18/h1-10,15H,11-14,16H2,(H,24,27).